The largest absolute Gasteiger partial charge is 0.494 e. The van der Waals surface area contributed by atoms with Crippen molar-refractivity contribution in [3.8, 4) is 5.75 Å². The summed E-state index contributed by atoms with van der Waals surface area (Å²) in [5, 5.41) is 3.31. The molecule has 2 rings (SSSR count). The quantitative estimate of drug-likeness (QED) is 0.767. The summed E-state index contributed by atoms with van der Waals surface area (Å²) in [6.07, 6.45) is 2.39. The van der Waals surface area contributed by atoms with Crippen LogP contribution in [0.15, 0.2) is 24.3 Å². The van der Waals surface area contributed by atoms with Crippen molar-refractivity contribution in [2.24, 2.45) is 0 Å². The summed E-state index contributed by atoms with van der Waals surface area (Å²) in [4.78, 5) is 12.1. The Morgan fingerprint density at radius 1 is 1.41 bits per heavy atom. The molecule has 3 nitrogen and oxygen atoms in total. The Balaban J connectivity index is 1.97. The van der Waals surface area contributed by atoms with Crippen molar-refractivity contribution in [3.05, 3.63) is 29.8 Å². The first-order valence-corrected chi connectivity index (χ1v) is 6.24. The van der Waals surface area contributed by atoms with Crippen molar-refractivity contribution in [2.75, 3.05) is 6.61 Å². The Morgan fingerprint density at radius 2 is 2.06 bits per heavy atom. The van der Waals surface area contributed by atoms with Gasteiger partial charge in [-0.05, 0) is 51.0 Å². The lowest BCUT2D eigenvalue weighted by atomic mass is 10.1. The van der Waals surface area contributed by atoms with E-state index in [4.69, 9.17) is 4.74 Å². The zero-order valence-corrected chi connectivity index (χ0v) is 10.4. The van der Waals surface area contributed by atoms with Crippen LogP contribution in [-0.2, 0) is 0 Å². The topological polar surface area (TPSA) is 38.3 Å². The van der Waals surface area contributed by atoms with Gasteiger partial charge in [0.2, 0.25) is 0 Å². The Bertz CT molecular complexity index is 382. The fourth-order valence-electron chi connectivity index (χ4n) is 1.81. The number of carbonyl (C=O) groups is 1. The van der Waals surface area contributed by atoms with Gasteiger partial charge in [0.05, 0.1) is 12.6 Å². The number of hydrogen-bond donors (Lipinski definition) is 1. The minimum Gasteiger partial charge on any atom is -0.494 e. The summed E-state index contributed by atoms with van der Waals surface area (Å²) in [6, 6.07) is 7.81. The lowest BCUT2D eigenvalue weighted by Gasteiger charge is -2.12. The van der Waals surface area contributed by atoms with Crippen LogP contribution in [-0.4, -0.2) is 24.5 Å². The third-order valence-corrected chi connectivity index (χ3v) is 2.91. The first-order valence-electron chi connectivity index (χ1n) is 6.24. The molecule has 0 aliphatic heterocycles. The maximum atomic E-state index is 12.1. The third kappa shape index (κ3) is 3.30. The van der Waals surface area contributed by atoms with Gasteiger partial charge in [0.25, 0.3) is 0 Å². The van der Waals surface area contributed by atoms with Crippen LogP contribution in [0.3, 0.4) is 0 Å². The highest BCUT2D eigenvalue weighted by molar-refractivity contribution is 5.99. The summed E-state index contributed by atoms with van der Waals surface area (Å²) in [6.45, 7) is 4.52. The Labute approximate surface area is 102 Å². The summed E-state index contributed by atoms with van der Waals surface area (Å²) in [5.74, 6) is 0.965. The van der Waals surface area contributed by atoms with E-state index in [0.29, 0.717) is 12.6 Å². The van der Waals surface area contributed by atoms with E-state index in [-0.39, 0.29) is 11.8 Å². The zero-order chi connectivity index (χ0) is 12.3. The number of hydrogen-bond acceptors (Lipinski definition) is 3. The highest BCUT2D eigenvalue weighted by Crippen LogP contribution is 2.20. The first kappa shape index (κ1) is 12.1. The average Bonchev–Trinajstić information content (AvgIpc) is 3.13. The summed E-state index contributed by atoms with van der Waals surface area (Å²) in [7, 11) is 0. The predicted molar refractivity (Wildman–Crippen MR) is 67.6 cm³/mol. The van der Waals surface area contributed by atoms with Gasteiger partial charge in [-0.15, -0.1) is 0 Å². The number of rotatable bonds is 6. The van der Waals surface area contributed by atoms with Crippen LogP contribution in [0.4, 0.5) is 0 Å². The van der Waals surface area contributed by atoms with E-state index in [1.807, 2.05) is 38.1 Å². The van der Waals surface area contributed by atoms with E-state index in [1.165, 1.54) is 12.8 Å². The predicted octanol–water partition coefficient (Wildman–Crippen LogP) is 2.41. The highest BCUT2D eigenvalue weighted by atomic mass is 16.5. The summed E-state index contributed by atoms with van der Waals surface area (Å²) < 4.78 is 5.35. The molecule has 1 saturated carbocycles. The lowest BCUT2D eigenvalue weighted by Crippen LogP contribution is -2.35. The molecular weight excluding hydrogens is 214 g/mol. The van der Waals surface area contributed by atoms with Gasteiger partial charge in [-0.3, -0.25) is 4.79 Å². The molecular formula is C14H19NO2. The van der Waals surface area contributed by atoms with E-state index in [1.54, 1.807) is 0 Å². The third-order valence-electron chi connectivity index (χ3n) is 2.91. The van der Waals surface area contributed by atoms with Gasteiger partial charge in [0, 0.05) is 11.6 Å². The maximum Gasteiger partial charge on any atom is 0.179 e. The Hall–Kier alpha value is -1.35. The highest BCUT2D eigenvalue weighted by Gasteiger charge is 2.26. The van der Waals surface area contributed by atoms with E-state index in [2.05, 4.69) is 5.32 Å². The van der Waals surface area contributed by atoms with Crippen molar-refractivity contribution in [2.45, 2.75) is 38.8 Å². The minimum atomic E-state index is -0.0968. The van der Waals surface area contributed by atoms with Crippen LogP contribution in [0.25, 0.3) is 0 Å². The van der Waals surface area contributed by atoms with Crippen LogP contribution in [0, 0.1) is 0 Å². The van der Waals surface area contributed by atoms with Gasteiger partial charge in [-0.2, -0.15) is 0 Å². The fraction of sp³-hybridized carbons (Fsp3) is 0.500. The van der Waals surface area contributed by atoms with Crippen LogP contribution in [0.2, 0.25) is 0 Å². The number of Topliss-reactive ketones (excluding diaryl/α,β-unsaturated/α-hetero) is 1. The molecule has 3 heteroatoms. The monoisotopic (exact) mass is 233 g/mol. The molecule has 0 spiro atoms. The molecule has 1 aliphatic carbocycles. The second kappa shape index (κ2) is 5.32. The molecule has 1 aromatic carbocycles. The van der Waals surface area contributed by atoms with Crippen molar-refractivity contribution in [3.63, 3.8) is 0 Å². The zero-order valence-electron chi connectivity index (χ0n) is 10.4. The second-order valence-corrected chi connectivity index (χ2v) is 4.48. The molecule has 1 fully saturated rings. The van der Waals surface area contributed by atoms with Crippen molar-refractivity contribution < 1.29 is 9.53 Å². The van der Waals surface area contributed by atoms with Gasteiger partial charge < -0.3 is 10.1 Å². The van der Waals surface area contributed by atoms with E-state index >= 15 is 0 Å². The van der Waals surface area contributed by atoms with Crippen LogP contribution >= 0.6 is 0 Å². The summed E-state index contributed by atoms with van der Waals surface area (Å²) >= 11 is 0. The van der Waals surface area contributed by atoms with Crippen molar-refractivity contribution in [1.82, 2.24) is 5.32 Å². The molecule has 0 heterocycles. The summed E-state index contributed by atoms with van der Waals surface area (Å²) in [5.41, 5.74) is 0.745. The SMILES string of the molecule is CCOc1ccc(C(=O)C(C)NC2CC2)cc1. The molecule has 1 N–H and O–H groups in total. The van der Waals surface area contributed by atoms with E-state index in [0.717, 1.165) is 11.3 Å². The maximum absolute atomic E-state index is 12.1. The smallest absolute Gasteiger partial charge is 0.179 e. The molecule has 0 amide bonds. The van der Waals surface area contributed by atoms with Gasteiger partial charge >= 0.3 is 0 Å². The molecule has 0 bridgehead atoms. The van der Waals surface area contributed by atoms with Crippen LogP contribution in [0.1, 0.15) is 37.0 Å². The standard InChI is InChI=1S/C14H19NO2/c1-3-17-13-8-4-11(5-9-13)14(16)10(2)15-12-6-7-12/h4-5,8-10,12,15H,3,6-7H2,1-2H3. The molecule has 1 unspecified atom stereocenters. The van der Waals surface area contributed by atoms with Crippen LogP contribution in [0.5, 0.6) is 5.75 Å². The molecule has 1 aromatic rings. The van der Waals surface area contributed by atoms with Gasteiger partial charge in [0.1, 0.15) is 5.75 Å². The number of benzene rings is 1. The molecule has 17 heavy (non-hydrogen) atoms. The molecule has 1 aliphatic rings. The van der Waals surface area contributed by atoms with Crippen molar-refractivity contribution in [1.29, 1.82) is 0 Å². The first-order chi connectivity index (χ1) is 8.20. The molecule has 0 aromatic heterocycles. The van der Waals surface area contributed by atoms with Gasteiger partial charge in [-0.25, -0.2) is 0 Å². The number of ketones is 1. The molecule has 92 valence electrons. The van der Waals surface area contributed by atoms with E-state index in [9.17, 15) is 4.79 Å². The van der Waals surface area contributed by atoms with E-state index < -0.39 is 0 Å². The molecule has 0 radical (unpaired) electrons. The number of nitrogens with one attached hydrogen (secondary N) is 1. The molecule has 1 atom stereocenters. The van der Waals surface area contributed by atoms with Crippen LogP contribution < -0.4 is 10.1 Å². The average molecular weight is 233 g/mol. The Kier molecular flexibility index (Phi) is 3.79. The number of carbonyl (C=O) groups excluding carboxylic acids is 1. The second-order valence-electron chi connectivity index (χ2n) is 4.48. The van der Waals surface area contributed by atoms with Gasteiger partial charge in [-0.1, -0.05) is 0 Å². The van der Waals surface area contributed by atoms with Gasteiger partial charge in [0.15, 0.2) is 5.78 Å². The normalized spacial score (nSPS) is 16.6. The number of ether oxygens (including phenoxy) is 1. The lowest BCUT2D eigenvalue weighted by molar-refractivity contribution is 0.0950. The Morgan fingerprint density at radius 3 is 2.59 bits per heavy atom. The fourth-order valence-corrected chi connectivity index (χ4v) is 1.81. The minimum absolute atomic E-state index is 0.0968. The van der Waals surface area contributed by atoms with Crippen molar-refractivity contribution >= 4 is 5.78 Å². The molecule has 0 saturated heterocycles.